The van der Waals surface area contributed by atoms with E-state index in [2.05, 4.69) is 46.5 Å². The molecule has 0 saturated carbocycles. The second kappa shape index (κ2) is 7.71. The van der Waals surface area contributed by atoms with Gasteiger partial charge in [0.2, 0.25) is 5.75 Å². The van der Waals surface area contributed by atoms with Gasteiger partial charge in [-0.2, -0.15) is 0 Å². The summed E-state index contributed by atoms with van der Waals surface area (Å²) < 4.78 is 18.3. The molecule has 0 aliphatic carbocycles. The predicted octanol–water partition coefficient (Wildman–Crippen LogP) is 4.47. The average molecular weight is 390 g/mol. The molecule has 0 amide bonds. The Morgan fingerprint density at radius 2 is 1.59 bits per heavy atom. The van der Waals surface area contributed by atoms with Crippen molar-refractivity contribution in [2.24, 2.45) is 0 Å². The predicted molar refractivity (Wildman–Crippen MR) is 113 cm³/mol. The molecule has 4 aromatic rings. The number of nitrogens with one attached hydrogen (secondary N) is 1. The zero-order chi connectivity index (χ0) is 20.4. The molecule has 0 radical (unpaired) electrons. The highest BCUT2D eigenvalue weighted by Gasteiger charge is 2.15. The second-order valence-corrected chi connectivity index (χ2v) is 6.52. The van der Waals surface area contributed by atoms with Crippen LogP contribution in [0.1, 0.15) is 5.56 Å². The van der Waals surface area contributed by atoms with E-state index in [9.17, 15) is 0 Å². The van der Waals surface area contributed by atoms with Crippen LogP contribution in [0.4, 0.5) is 11.5 Å². The molecule has 0 fully saturated rings. The quantitative estimate of drug-likeness (QED) is 0.524. The van der Waals surface area contributed by atoms with Crippen LogP contribution in [0.3, 0.4) is 0 Å². The summed E-state index contributed by atoms with van der Waals surface area (Å²) in [6.45, 7) is 2.07. The molecule has 0 aliphatic heterocycles. The first kappa shape index (κ1) is 18.6. The maximum atomic E-state index is 5.43. The number of fused-ring (bicyclic) bond motifs is 1. The molecular formula is C22H22N4O3. The molecular weight excluding hydrogens is 368 g/mol. The van der Waals surface area contributed by atoms with E-state index in [0.717, 1.165) is 22.6 Å². The first-order valence-electron chi connectivity index (χ1n) is 9.10. The van der Waals surface area contributed by atoms with Crippen LogP contribution in [0.2, 0.25) is 0 Å². The van der Waals surface area contributed by atoms with Gasteiger partial charge in [0.25, 0.3) is 0 Å². The van der Waals surface area contributed by atoms with Crippen LogP contribution in [0.25, 0.3) is 16.9 Å². The SMILES string of the molecule is COc1cc(Nc2nccn3c(-c4ccc(C)cc4)cnc23)cc(OC)c1OC. The van der Waals surface area contributed by atoms with Crippen LogP contribution in [-0.4, -0.2) is 35.7 Å². The van der Waals surface area contributed by atoms with Gasteiger partial charge in [0.1, 0.15) is 0 Å². The Labute approximate surface area is 168 Å². The minimum absolute atomic E-state index is 0.536. The summed E-state index contributed by atoms with van der Waals surface area (Å²) in [5, 5.41) is 3.31. The number of rotatable bonds is 6. The molecule has 2 heterocycles. The average Bonchev–Trinajstić information content (AvgIpc) is 3.18. The summed E-state index contributed by atoms with van der Waals surface area (Å²) in [4.78, 5) is 9.05. The van der Waals surface area contributed by atoms with Crippen LogP contribution >= 0.6 is 0 Å². The fourth-order valence-electron chi connectivity index (χ4n) is 3.24. The highest BCUT2D eigenvalue weighted by Crippen LogP contribution is 2.40. The number of hydrogen-bond donors (Lipinski definition) is 1. The Bertz CT molecular complexity index is 1130. The van der Waals surface area contributed by atoms with Crippen molar-refractivity contribution in [2.75, 3.05) is 26.6 Å². The molecule has 0 aliphatic rings. The molecule has 0 saturated heterocycles. The molecule has 1 N–H and O–H groups in total. The summed E-state index contributed by atoms with van der Waals surface area (Å²) in [6, 6.07) is 12.0. The lowest BCUT2D eigenvalue weighted by Gasteiger charge is -2.15. The number of hydrogen-bond acceptors (Lipinski definition) is 6. The lowest BCUT2D eigenvalue weighted by atomic mass is 10.1. The van der Waals surface area contributed by atoms with Gasteiger partial charge in [-0.25, -0.2) is 9.97 Å². The molecule has 0 atom stereocenters. The summed E-state index contributed by atoms with van der Waals surface area (Å²) in [5.41, 5.74) is 4.77. The van der Waals surface area contributed by atoms with Gasteiger partial charge in [-0.15, -0.1) is 0 Å². The van der Waals surface area contributed by atoms with Crippen molar-refractivity contribution < 1.29 is 14.2 Å². The number of imidazole rings is 1. The number of aromatic nitrogens is 3. The lowest BCUT2D eigenvalue weighted by Crippen LogP contribution is -2.01. The van der Waals surface area contributed by atoms with Crippen molar-refractivity contribution >= 4 is 17.2 Å². The molecule has 2 aromatic heterocycles. The smallest absolute Gasteiger partial charge is 0.203 e. The number of nitrogens with zero attached hydrogens (tertiary/aromatic N) is 3. The van der Waals surface area contributed by atoms with Gasteiger partial charge in [0, 0.05) is 35.8 Å². The third-order valence-electron chi connectivity index (χ3n) is 4.70. The minimum Gasteiger partial charge on any atom is -0.493 e. The lowest BCUT2D eigenvalue weighted by molar-refractivity contribution is 0.324. The Morgan fingerprint density at radius 3 is 2.21 bits per heavy atom. The van der Waals surface area contributed by atoms with Crippen molar-refractivity contribution in [3.05, 3.63) is 60.6 Å². The van der Waals surface area contributed by atoms with E-state index < -0.39 is 0 Å². The summed E-state index contributed by atoms with van der Waals surface area (Å²) >= 11 is 0. The Morgan fingerprint density at radius 1 is 0.897 bits per heavy atom. The zero-order valence-corrected chi connectivity index (χ0v) is 16.8. The van der Waals surface area contributed by atoms with Crippen LogP contribution in [0.5, 0.6) is 17.2 Å². The van der Waals surface area contributed by atoms with E-state index in [1.165, 1.54) is 5.56 Å². The van der Waals surface area contributed by atoms with Gasteiger partial charge >= 0.3 is 0 Å². The van der Waals surface area contributed by atoms with E-state index >= 15 is 0 Å². The molecule has 0 spiro atoms. The molecule has 7 nitrogen and oxygen atoms in total. The normalized spacial score (nSPS) is 10.8. The van der Waals surface area contributed by atoms with Gasteiger partial charge in [0.05, 0.1) is 33.2 Å². The number of ether oxygens (including phenoxy) is 3. The second-order valence-electron chi connectivity index (χ2n) is 6.52. The Kier molecular flexibility index (Phi) is 4.95. The molecule has 4 rings (SSSR count). The van der Waals surface area contributed by atoms with Crippen molar-refractivity contribution in [1.29, 1.82) is 0 Å². The molecule has 0 unspecified atom stereocenters. The highest BCUT2D eigenvalue weighted by molar-refractivity contribution is 5.76. The Hall–Kier alpha value is -3.74. The fourth-order valence-corrected chi connectivity index (χ4v) is 3.24. The molecule has 148 valence electrons. The van der Waals surface area contributed by atoms with E-state index in [0.29, 0.717) is 23.1 Å². The molecule has 29 heavy (non-hydrogen) atoms. The number of aryl methyl sites for hydroxylation is 1. The first-order valence-corrected chi connectivity index (χ1v) is 9.10. The molecule has 2 aromatic carbocycles. The molecule has 7 heteroatoms. The first-order chi connectivity index (χ1) is 14.1. The van der Waals surface area contributed by atoms with Crippen LogP contribution in [0.15, 0.2) is 55.0 Å². The van der Waals surface area contributed by atoms with Crippen molar-refractivity contribution in [1.82, 2.24) is 14.4 Å². The van der Waals surface area contributed by atoms with Crippen molar-refractivity contribution in [3.63, 3.8) is 0 Å². The Balaban J connectivity index is 1.75. The van der Waals surface area contributed by atoms with E-state index in [-0.39, 0.29) is 0 Å². The number of anilines is 2. The third kappa shape index (κ3) is 3.42. The summed E-state index contributed by atoms with van der Waals surface area (Å²) in [5.74, 6) is 2.28. The topological polar surface area (TPSA) is 69.9 Å². The van der Waals surface area contributed by atoms with Gasteiger partial charge in [-0.3, -0.25) is 4.40 Å². The van der Waals surface area contributed by atoms with E-state index in [1.807, 2.05) is 28.9 Å². The number of methoxy groups -OCH3 is 3. The van der Waals surface area contributed by atoms with Crippen LogP contribution < -0.4 is 19.5 Å². The summed E-state index contributed by atoms with van der Waals surface area (Å²) in [6.07, 6.45) is 5.49. The summed E-state index contributed by atoms with van der Waals surface area (Å²) in [7, 11) is 4.75. The van der Waals surface area contributed by atoms with Gasteiger partial charge in [-0.1, -0.05) is 29.8 Å². The van der Waals surface area contributed by atoms with E-state index in [1.54, 1.807) is 27.5 Å². The maximum absolute atomic E-state index is 5.43. The molecule has 0 bridgehead atoms. The number of benzene rings is 2. The van der Waals surface area contributed by atoms with Crippen LogP contribution in [-0.2, 0) is 0 Å². The zero-order valence-electron chi connectivity index (χ0n) is 16.8. The highest BCUT2D eigenvalue weighted by atomic mass is 16.5. The third-order valence-corrected chi connectivity index (χ3v) is 4.70. The fraction of sp³-hybridized carbons (Fsp3) is 0.182. The van der Waals surface area contributed by atoms with Crippen LogP contribution in [0, 0.1) is 6.92 Å². The standard InChI is InChI=1S/C22H22N4O3/c1-14-5-7-15(8-6-14)17-13-24-22-21(23-9-10-26(17)22)25-16-11-18(27-2)20(29-4)19(12-16)28-3/h5-13H,1-4H3,(H,23,25). The van der Waals surface area contributed by atoms with Gasteiger partial charge in [-0.05, 0) is 6.92 Å². The van der Waals surface area contributed by atoms with Gasteiger partial charge < -0.3 is 19.5 Å². The maximum Gasteiger partial charge on any atom is 0.203 e. The monoisotopic (exact) mass is 390 g/mol. The van der Waals surface area contributed by atoms with E-state index in [4.69, 9.17) is 14.2 Å². The van der Waals surface area contributed by atoms with Crippen molar-refractivity contribution in [3.8, 4) is 28.5 Å². The largest absolute Gasteiger partial charge is 0.493 e. The van der Waals surface area contributed by atoms with Crippen molar-refractivity contribution in [2.45, 2.75) is 6.92 Å². The minimum atomic E-state index is 0.536. The van der Waals surface area contributed by atoms with Gasteiger partial charge in [0.15, 0.2) is 23.0 Å².